The Kier molecular flexibility index (Phi) is 2.03. The Labute approximate surface area is 95.9 Å². The van der Waals surface area contributed by atoms with Crippen LogP contribution in [0.4, 0.5) is 4.79 Å². The van der Waals surface area contributed by atoms with E-state index in [9.17, 15) is 4.79 Å². The Hall–Kier alpha value is -1.06. The highest BCUT2D eigenvalue weighted by Gasteiger charge is 2.61. The minimum Gasteiger partial charge on any atom is -0.311 e. The summed E-state index contributed by atoms with van der Waals surface area (Å²) in [4.78, 5) is 13.8. The molecule has 1 aliphatic heterocycles. The average Bonchev–Trinajstić information content (AvgIpc) is 2.89. The fraction of sp³-hybridized carbons (Fsp3) is 0.833. The Morgan fingerprint density at radius 2 is 2.38 bits per heavy atom. The highest BCUT2D eigenvalue weighted by Crippen LogP contribution is 2.54. The van der Waals surface area contributed by atoms with Gasteiger partial charge in [0.05, 0.1) is 0 Å². The fourth-order valence-corrected chi connectivity index (χ4v) is 4.06. The van der Waals surface area contributed by atoms with Gasteiger partial charge in [-0.3, -0.25) is 10.7 Å². The number of nitrogens with zero attached hydrogens (tertiary/aromatic N) is 1. The molecule has 4 heteroatoms. The van der Waals surface area contributed by atoms with E-state index in [1.165, 1.54) is 19.3 Å². The van der Waals surface area contributed by atoms with Gasteiger partial charge in [-0.15, -0.1) is 0 Å². The second-order valence-electron chi connectivity index (χ2n) is 5.46. The maximum Gasteiger partial charge on any atom is 0.323 e. The summed E-state index contributed by atoms with van der Waals surface area (Å²) in [6.07, 6.45) is 5.71. The molecule has 1 heterocycles. The summed E-state index contributed by atoms with van der Waals surface area (Å²) >= 11 is 0. The summed E-state index contributed by atoms with van der Waals surface area (Å²) < 4.78 is 0. The molecule has 3 unspecified atom stereocenters. The van der Waals surface area contributed by atoms with Crippen molar-refractivity contribution in [1.29, 1.82) is 5.41 Å². The van der Waals surface area contributed by atoms with Crippen molar-refractivity contribution in [2.75, 3.05) is 6.54 Å². The van der Waals surface area contributed by atoms with Crippen LogP contribution in [0, 0.1) is 17.2 Å². The number of amidine groups is 1. The van der Waals surface area contributed by atoms with Crippen LogP contribution in [0.3, 0.4) is 0 Å². The topological polar surface area (TPSA) is 56.2 Å². The van der Waals surface area contributed by atoms with Gasteiger partial charge in [0.15, 0.2) is 0 Å². The molecule has 3 aliphatic rings. The van der Waals surface area contributed by atoms with Crippen LogP contribution in [-0.2, 0) is 0 Å². The van der Waals surface area contributed by atoms with E-state index in [2.05, 4.69) is 12.2 Å². The van der Waals surface area contributed by atoms with Gasteiger partial charge in [0.2, 0.25) is 0 Å². The van der Waals surface area contributed by atoms with Crippen molar-refractivity contribution in [3.63, 3.8) is 0 Å². The largest absolute Gasteiger partial charge is 0.323 e. The number of carbonyl (C=O) groups excluding carboxylic acids is 1. The average molecular weight is 221 g/mol. The molecule has 2 saturated carbocycles. The van der Waals surface area contributed by atoms with Crippen LogP contribution in [0.1, 0.15) is 39.0 Å². The van der Waals surface area contributed by atoms with Crippen molar-refractivity contribution < 1.29 is 4.79 Å². The van der Waals surface area contributed by atoms with Crippen LogP contribution < -0.4 is 5.32 Å². The number of hydrogen-bond acceptors (Lipinski definition) is 2. The summed E-state index contributed by atoms with van der Waals surface area (Å²) in [6, 6.07) is -0.0422. The molecular weight excluding hydrogens is 202 g/mol. The van der Waals surface area contributed by atoms with Crippen molar-refractivity contribution in [1.82, 2.24) is 10.2 Å². The number of amides is 2. The van der Waals surface area contributed by atoms with E-state index in [1.807, 2.05) is 4.90 Å². The molecule has 1 saturated heterocycles. The van der Waals surface area contributed by atoms with E-state index in [1.54, 1.807) is 0 Å². The third-order valence-electron chi connectivity index (χ3n) is 4.66. The van der Waals surface area contributed by atoms with Gasteiger partial charge >= 0.3 is 6.03 Å². The van der Waals surface area contributed by atoms with Crippen molar-refractivity contribution >= 4 is 11.9 Å². The fourth-order valence-electron chi connectivity index (χ4n) is 4.06. The van der Waals surface area contributed by atoms with E-state index >= 15 is 0 Å². The highest BCUT2D eigenvalue weighted by atomic mass is 16.2. The number of carbonyl (C=O) groups is 1. The van der Waals surface area contributed by atoms with Gasteiger partial charge in [-0.25, -0.2) is 4.79 Å². The maximum absolute atomic E-state index is 11.9. The lowest BCUT2D eigenvalue weighted by Gasteiger charge is -2.40. The molecule has 4 nitrogen and oxygen atoms in total. The maximum atomic E-state index is 11.9. The standard InChI is InChI=1S/C12H19N3O/c1-2-5-15-11(16)14-10(13)12(15)7-8-3-4-9(12)6-8/h8-9H,2-7H2,1H3,(H2,13,14,16). The van der Waals surface area contributed by atoms with Gasteiger partial charge in [-0.1, -0.05) is 6.92 Å². The zero-order chi connectivity index (χ0) is 11.3. The van der Waals surface area contributed by atoms with E-state index in [0.717, 1.165) is 25.3 Å². The minimum absolute atomic E-state index is 0.0422. The summed E-state index contributed by atoms with van der Waals surface area (Å²) in [5, 5.41) is 10.9. The van der Waals surface area contributed by atoms with Crippen LogP contribution in [0.5, 0.6) is 0 Å². The first-order valence-corrected chi connectivity index (χ1v) is 6.36. The SMILES string of the molecule is CCCN1C(=O)NC(=N)C12CC1CCC2C1. The number of hydrogen-bond donors (Lipinski definition) is 2. The first-order valence-electron chi connectivity index (χ1n) is 6.36. The summed E-state index contributed by atoms with van der Waals surface area (Å²) in [5.41, 5.74) is -0.240. The van der Waals surface area contributed by atoms with E-state index in [-0.39, 0.29) is 11.6 Å². The lowest BCUT2D eigenvalue weighted by Crippen LogP contribution is -2.53. The quantitative estimate of drug-likeness (QED) is 0.735. The minimum atomic E-state index is -0.240. The Bertz CT molecular complexity index is 354. The zero-order valence-corrected chi connectivity index (χ0v) is 9.75. The third kappa shape index (κ3) is 1.05. The molecule has 16 heavy (non-hydrogen) atoms. The molecule has 1 spiro atoms. The van der Waals surface area contributed by atoms with E-state index < -0.39 is 0 Å². The van der Waals surface area contributed by atoms with Gasteiger partial charge < -0.3 is 4.90 Å². The normalized spacial score (nSPS) is 41.2. The van der Waals surface area contributed by atoms with Crippen LogP contribution in [-0.4, -0.2) is 28.9 Å². The second-order valence-corrected chi connectivity index (χ2v) is 5.46. The predicted molar refractivity (Wildman–Crippen MR) is 61.4 cm³/mol. The molecule has 2 bridgehead atoms. The van der Waals surface area contributed by atoms with Crippen LogP contribution in [0.15, 0.2) is 0 Å². The molecule has 0 aromatic heterocycles. The van der Waals surface area contributed by atoms with Crippen molar-refractivity contribution in [3.8, 4) is 0 Å². The van der Waals surface area contributed by atoms with Crippen molar-refractivity contribution in [2.45, 2.75) is 44.6 Å². The molecule has 88 valence electrons. The van der Waals surface area contributed by atoms with Crippen LogP contribution >= 0.6 is 0 Å². The molecule has 2 aliphatic carbocycles. The van der Waals surface area contributed by atoms with Gasteiger partial charge in [-0.05, 0) is 43.9 Å². The predicted octanol–water partition coefficient (Wildman–Crippen LogP) is 1.96. The van der Waals surface area contributed by atoms with Crippen LogP contribution in [0.2, 0.25) is 0 Å². The van der Waals surface area contributed by atoms with E-state index in [0.29, 0.717) is 11.8 Å². The smallest absolute Gasteiger partial charge is 0.311 e. The van der Waals surface area contributed by atoms with E-state index in [4.69, 9.17) is 5.41 Å². The highest BCUT2D eigenvalue weighted by molar-refractivity contribution is 6.09. The van der Waals surface area contributed by atoms with Crippen LogP contribution in [0.25, 0.3) is 0 Å². The Balaban J connectivity index is 1.97. The molecule has 3 rings (SSSR count). The molecule has 0 aromatic rings. The monoisotopic (exact) mass is 221 g/mol. The summed E-state index contributed by atoms with van der Waals surface area (Å²) in [6.45, 7) is 2.88. The molecule has 3 fully saturated rings. The first kappa shape index (κ1) is 10.1. The number of nitrogens with one attached hydrogen (secondary N) is 2. The van der Waals surface area contributed by atoms with Gasteiger partial charge in [-0.2, -0.15) is 0 Å². The van der Waals surface area contributed by atoms with Gasteiger partial charge in [0, 0.05) is 6.54 Å². The number of rotatable bonds is 2. The van der Waals surface area contributed by atoms with Crippen molar-refractivity contribution in [3.05, 3.63) is 0 Å². The van der Waals surface area contributed by atoms with Gasteiger partial charge in [0.25, 0.3) is 0 Å². The molecule has 2 amide bonds. The number of urea groups is 1. The lowest BCUT2D eigenvalue weighted by molar-refractivity contribution is 0.134. The first-order chi connectivity index (χ1) is 7.68. The second kappa shape index (κ2) is 3.22. The lowest BCUT2D eigenvalue weighted by atomic mass is 9.79. The molecule has 0 radical (unpaired) electrons. The third-order valence-corrected chi connectivity index (χ3v) is 4.66. The molecule has 2 N–H and O–H groups in total. The Morgan fingerprint density at radius 1 is 1.56 bits per heavy atom. The number of fused-ring (bicyclic) bond motifs is 3. The molecular formula is C12H19N3O. The summed E-state index contributed by atoms with van der Waals surface area (Å²) in [5.74, 6) is 1.76. The molecule has 3 atom stereocenters. The molecule has 0 aromatic carbocycles. The summed E-state index contributed by atoms with van der Waals surface area (Å²) in [7, 11) is 0. The van der Waals surface area contributed by atoms with Crippen molar-refractivity contribution in [2.24, 2.45) is 11.8 Å². The van der Waals surface area contributed by atoms with Gasteiger partial charge in [0.1, 0.15) is 11.4 Å². The Morgan fingerprint density at radius 3 is 2.94 bits per heavy atom. The zero-order valence-electron chi connectivity index (χ0n) is 9.75.